The lowest BCUT2D eigenvalue weighted by Gasteiger charge is -2.39. The van der Waals surface area contributed by atoms with Gasteiger partial charge in [-0.1, -0.05) is 76.7 Å². The quantitative estimate of drug-likeness (QED) is 0.406. The zero-order valence-electron chi connectivity index (χ0n) is 15.9. The summed E-state index contributed by atoms with van der Waals surface area (Å²) in [5.41, 5.74) is 4.20. The molecular weight excluding hydrogens is 320 g/mol. The third-order valence-corrected chi connectivity index (χ3v) is 6.29. The Morgan fingerprint density at radius 1 is 1.08 bits per heavy atom. The molecule has 3 heteroatoms. The van der Waals surface area contributed by atoms with Crippen molar-refractivity contribution in [2.75, 3.05) is 5.01 Å². The minimum atomic E-state index is -0.195. The van der Waals surface area contributed by atoms with Crippen molar-refractivity contribution in [3.63, 3.8) is 0 Å². The molecule has 0 aromatic heterocycles. The van der Waals surface area contributed by atoms with Gasteiger partial charge in [0.1, 0.15) is 0 Å². The molecule has 0 radical (unpaired) electrons. The van der Waals surface area contributed by atoms with Crippen LogP contribution < -0.4 is 5.01 Å². The Labute approximate surface area is 156 Å². The van der Waals surface area contributed by atoms with Gasteiger partial charge in [0, 0.05) is 17.0 Å². The van der Waals surface area contributed by atoms with Crippen LogP contribution in [0.4, 0.5) is 5.69 Å². The first-order valence-electron chi connectivity index (χ1n) is 8.96. The van der Waals surface area contributed by atoms with Crippen LogP contribution in [0.3, 0.4) is 0 Å². The lowest BCUT2D eigenvalue weighted by Crippen LogP contribution is -2.39. The van der Waals surface area contributed by atoms with Crippen molar-refractivity contribution >= 4 is 24.4 Å². The highest BCUT2D eigenvalue weighted by Crippen LogP contribution is 2.57. The predicted molar refractivity (Wildman–Crippen MR) is 110 cm³/mol. The lowest BCUT2D eigenvalue weighted by atomic mass is 9.65. The van der Waals surface area contributed by atoms with E-state index in [9.17, 15) is 4.79 Å². The van der Waals surface area contributed by atoms with Crippen molar-refractivity contribution in [3.05, 3.63) is 71.8 Å². The predicted octanol–water partition coefficient (Wildman–Crippen LogP) is 5.38. The maximum Gasteiger partial charge on any atom is 0.234 e. The summed E-state index contributed by atoms with van der Waals surface area (Å²) in [7, 11) is 0. The highest BCUT2D eigenvalue weighted by atomic mass is 16.1. The summed E-state index contributed by atoms with van der Waals surface area (Å²) < 4.78 is 0. The van der Waals surface area contributed by atoms with Crippen LogP contribution in [0.5, 0.6) is 0 Å². The normalized spacial score (nSPS) is 23.6. The number of hydrazone groups is 1. The Hall–Kier alpha value is -2.68. The molecule has 1 amide bonds. The van der Waals surface area contributed by atoms with Crippen LogP contribution in [-0.4, -0.2) is 12.6 Å². The second-order valence-corrected chi connectivity index (χ2v) is 7.71. The Bertz CT molecular complexity index is 851. The molecule has 0 fully saturated rings. The van der Waals surface area contributed by atoms with E-state index >= 15 is 0 Å². The van der Waals surface area contributed by atoms with Gasteiger partial charge in [-0.25, -0.2) is 5.01 Å². The first-order chi connectivity index (χ1) is 12.3. The van der Waals surface area contributed by atoms with Crippen LogP contribution in [-0.2, 0) is 10.2 Å². The fourth-order valence-corrected chi connectivity index (χ4v) is 3.97. The van der Waals surface area contributed by atoms with E-state index in [0.29, 0.717) is 5.92 Å². The maximum absolute atomic E-state index is 11.6. The van der Waals surface area contributed by atoms with E-state index in [4.69, 9.17) is 0 Å². The lowest BCUT2D eigenvalue weighted by molar-refractivity contribution is -0.107. The Morgan fingerprint density at radius 2 is 1.73 bits per heavy atom. The molecule has 2 aromatic rings. The SMILES string of the molecule is C=Cc1ccc(N(C=O)N=CC2(C)C(C)c3ccccc3C2(C)C)cc1. The van der Waals surface area contributed by atoms with Crippen molar-refractivity contribution in [3.8, 4) is 0 Å². The average Bonchev–Trinajstić information content (AvgIpc) is 2.81. The van der Waals surface area contributed by atoms with E-state index in [2.05, 4.69) is 63.6 Å². The van der Waals surface area contributed by atoms with E-state index in [-0.39, 0.29) is 10.8 Å². The Balaban J connectivity index is 1.95. The monoisotopic (exact) mass is 346 g/mol. The van der Waals surface area contributed by atoms with Crippen LogP contribution >= 0.6 is 0 Å². The minimum Gasteiger partial charge on any atom is -0.276 e. The van der Waals surface area contributed by atoms with Crippen LogP contribution in [0.25, 0.3) is 6.08 Å². The fraction of sp³-hybridized carbons (Fsp3) is 0.304. The largest absolute Gasteiger partial charge is 0.276 e. The molecule has 0 bridgehead atoms. The third-order valence-electron chi connectivity index (χ3n) is 6.29. The number of fused-ring (bicyclic) bond motifs is 1. The number of hydrogen-bond donors (Lipinski definition) is 0. The first-order valence-corrected chi connectivity index (χ1v) is 8.96. The number of rotatable bonds is 5. The zero-order valence-corrected chi connectivity index (χ0v) is 15.9. The molecule has 26 heavy (non-hydrogen) atoms. The van der Waals surface area contributed by atoms with E-state index < -0.39 is 0 Å². The van der Waals surface area contributed by atoms with Crippen LogP contribution in [0.15, 0.2) is 60.2 Å². The van der Waals surface area contributed by atoms with Gasteiger partial charge < -0.3 is 0 Å². The van der Waals surface area contributed by atoms with Gasteiger partial charge in [0.05, 0.1) is 5.69 Å². The molecule has 2 atom stereocenters. The van der Waals surface area contributed by atoms with E-state index in [0.717, 1.165) is 17.7 Å². The van der Waals surface area contributed by atoms with Crippen molar-refractivity contribution in [1.29, 1.82) is 0 Å². The fourth-order valence-electron chi connectivity index (χ4n) is 3.97. The van der Waals surface area contributed by atoms with Crippen LogP contribution in [0.2, 0.25) is 0 Å². The van der Waals surface area contributed by atoms with Crippen molar-refractivity contribution in [1.82, 2.24) is 0 Å². The molecule has 0 N–H and O–H groups in total. The standard InChI is InChI=1S/C23H26N2O/c1-6-18-11-13-19(14-12-18)25(16-26)24-15-23(5)17(2)20-9-7-8-10-21(20)22(23,3)4/h6-17H,1H2,2-5H3. The summed E-state index contributed by atoms with van der Waals surface area (Å²) in [6.45, 7) is 12.7. The van der Waals surface area contributed by atoms with Gasteiger partial charge in [0.25, 0.3) is 0 Å². The van der Waals surface area contributed by atoms with Crippen LogP contribution in [0.1, 0.15) is 50.3 Å². The topological polar surface area (TPSA) is 32.7 Å². The first kappa shape index (κ1) is 18.1. The molecule has 3 nitrogen and oxygen atoms in total. The summed E-state index contributed by atoms with van der Waals surface area (Å²) in [6.07, 6.45) is 4.48. The summed E-state index contributed by atoms with van der Waals surface area (Å²) in [5, 5.41) is 5.96. The second kappa shape index (κ2) is 6.56. The molecule has 3 rings (SSSR count). The smallest absolute Gasteiger partial charge is 0.234 e. The van der Waals surface area contributed by atoms with Gasteiger partial charge in [0.15, 0.2) is 0 Å². The molecule has 1 aliphatic rings. The molecule has 0 aliphatic heterocycles. The molecule has 1 aliphatic carbocycles. The van der Waals surface area contributed by atoms with Gasteiger partial charge >= 0.3 is 0 Å². The minimum absolute atomic E-state index is 0.0756. The number of nitrogens with zero attached hydrogens (tertiary/aromatic N) is 2. The highest BCUT2D eigenvalue weighted by molar-refractivity contribution is 5.81. The van der Waals surface area contributed by atoms with Gasteiger partial charge in [-0.2, -0.15) is 5.10 Å². The van der Waals surface area contributed by atoms with Crippen molar-refractivity contribution < 1.29 is 4.79 Å². The highest BCUT2D eigenvalue weighted by Gasteiger charge is 2.52. The van der Waals surface area contributed by atoms with Gasteiger partial charge in [-0.3, -0.25) is 4.79 Å². The van der Waals surface area contributed by atoms with Crippen molar-refractivity contribution in [2.24, 2.45) is 10.5 Å². The van der Waals surface area contributed by atoms with Crippen LogP contribution in [0, 0.1) is 5.41 Å². The second-order valence-electron chi connectivity index (χ2n) is 7.71. The van der Waals surface area contributed by atoms with Gasteiger partial charge in [-0.15, -0.1) is 0 Å². The number of anilines is 1. The van der Waals surface area contributed by atoms with E-state index in [1.165, 1.54) is 16.1 Å². The molecule has 134 valence electrons. The third kappa shape index (κ3) is 2.68. The number of hydrogen-bond acceptors (Lipinski definition) is 2. The number of amides is 1. The zero-order chi connectivity index (χ0) is 18.9. The molecule has 0 saturated heterocycles. The summed E-state index contributed by atoms with van der Waals surface area (Å²) in [5.74, 6) is 0.314. The maximum atomic E-state index is 11.6. The summed E-state index contributed by atoms with van der Waals surface area (Å²) in [6, 6.07) is 16.2. The summed E-state index contributed by atoms with van der Waals surface area (Å²) in [4.78, 5) is 11.6. The molecule has 0 saturated carbocycles. The number of carbonyl (C=O) groups excluding carboxylic acids is 1. The molecule has 2 unspecified atom stereocenters. The Morgan fingerprint density at radius 3 is 2.31 bits per heavy atom. The molecule has 2 aromatic carbocycles. The van der Waals surface area contributed by atoms with Gasteiger partial charge in [0.2, 0.25) is 6.41 Å². The number of carbonyl (C=O) groups is 1. The van der Waals surface area contributed by atoms with E-state index in [1.54, 1.807) is 6.08 Å². The molecular formula is C23H26N2O. The van der Waals surface area contributed by atoms with E-state index in [1.807, 2.05) is 30.5 Å². The molecule has 0 spiro atoms. The average molecular weight is 346 g/mol. The number of benzene rings is 2. The Kier molecular flexibility index (Phi) is 4.57. The van der Waals surface area contributed by atoms with Crippen molar-refractivity contribution in [2.45, 2.75) is 39.0 Å². The summed E-state index contributed by atoms with van der Waals surface area (Å²) >= 11 is 0. The molecule has 0 heterocycles. The van der Waals surface area contributed by atoms with Gasteiger partial charge in [-0.05, 0) is 34.7 Å².